The minimum Gasteiger partial charge on any atom is -0.279 e. The second-order valence-corrected chi connectivity index (χ2v) is 6.56. The van der Waals surface area contributed by atoms with Crippen LogP contribution >= 0.6 is 0 Å². The second-order valence-electron chi connectivity index (χ2n) is 4.91. The number of anilines is 1. The van der Waals surface area contributed by atoms with Crippen molar-refractivity contribution in [2.45, 2.75) is 25.2 Å². The Hall–Kier alpha value is -2.21. The van der Waals surface area contributed by atoms with Crippen LogP contribution in [0, 0.1) is 11.6 Å². The third-order valence-electron chi connectivity index (χ3n) is 3.34. The van der Waals surface area contributed by atoms with Crippen molar-refractivity contribution >= 4 is 21.8 Å². The fraction of sp³-hybridized carbons (Fsp3) is 0.176. The summed E-state index contributed by atoms with van der Waals surface area (Å²) < 4.78 is 54.1. The lowest BCUT2D eigenvalue weighted by atomic mass is 10.0. The van der Waals surface area contributed by atoms with Gasteiger partial charge in [-0.25, -0.2) is 17.2 Å². The Morgan fingerprint density at radius 3 is 2.57 bits per heavy atom. The Morgan fingerprint density at radius 1 is 1.17 bits per heavy atom. The van der Waals surface area contributed by atoms with Crippen molar-refractivity contribution in [1.29, 1.82) is 0 Å². The molecule has 2 aromatic rings. The van der Waals surface area contributed by atoms with E-state index in [0.29, 0.717) is 23.7 Å². The number of hydrogen-bond donors (Lipinski definition) is 1. The van der Waals surface area contributed by atoms with Gasteiger partial charge in [-0.15, -0.1) is 0 Å². The van der Waals surface area contributed by atoms with Gasteiger partial charge in [0.1, 0.15) is 16.5 Å². The largest absolute Gasteiger partial charge is 0.279 e. The first-order chi connectivity index (χ1) is 10.9. The molecule has 2 aromatic carbocycles. The van der Waals surface area contributed by atoms with Gasteiger partial charge >= 0.3 is 0 Å². The summed E-state index contributed by atoms with van der Waals surface area (Å²) in [7, 11) is -4.23. The van der Waals surface area contributed by atoms with Crippen molar-refractivity contribution in [2.75, 3.05) is 4.72 Å². The molecule has 0 heterocycles. The minimum atomic E-state index is -4.23. The molecule has 1 N–H and O–H groups in total. The van der Waals surface area contributed by atoms with Crippen LogP contribution < -0.4 is 4.72 Å². The maximum absolute atomic E-state index is 13.8. The standard InChI is InChI=1S/C17H17F2NO2S/c1-3-6-14-12(4-2)7-5-8-16(14)20-23(21,22)17-11-13(18)9-10-15(17)19/h3,5-11,20H,4H2,1-2H3/b6-3-. The topological polar surface area (TPSA) is 46.2 Å². The van der Waals surface area contributed by atoms with Gasteiger partial charge in [0.25, 0.3) is 10.0 Å². The zero-order valence-electron chi connectivity index (χ0n) is 12.8. The van der Waals surface area contributed by atoms with Crippen LogP contribution in [-0.4, -0.2) is 8.42 Å². The highest BCUT2D eigenvalue weighted by Crippen LogP contribution is 2.26. The van der Waals surface area contributed by atoms with Gasteiger partial charge in [0.2, 0.25) is 0 Å². The van der Waals surface area contributed by atoms with Crippen LogP contribution in [-0.2, 0) is 16.4 Å². The predicted octanol–water partition coefficient (Wildman–Crippen LogP) is 4.36. The molecule has 2 rings (SSSR count). The zero-order valence-corrected chi connectivity index (χ0v) is 13.6. The van der Waals surface area contributed by atoms with Crippen LogP contribution in [0.5, 0.6) is 0 Å². The van der Waals surface area contributed by atoms with E-state index in [9.17, 15) is 17.2 Å². The molecule has 0 amide bonds. The summed E-state index contributed by atoms with van der Waals surface area (Å²) >= 11 is 0. The van der Waals surface area contributed by atoms with Crippen LogP contribution in [0.2, 0.25) is 0 Å². The predicted molar refractivity (Wildman–Crippen MR) is 87.7 cm³/mol. The molecule has 6 heteroatoms. The fourth-order valence-corrected chi connectivity index (χ4v) is 3.43. The number of halogens is 2. The minimum absolute atomic E-state index is 0.325. The Bertz CT molecular complexity index is 846. The Balaban J connectivity index is 2.51. The van der Waals surface area contributed by atoms with E-state index in [-0.39, 0.29) is 0 Å². The average molecular weight is 337 g/mol. The molecule has 0 saturated heterocycles. The van der Waals surface area contributed by atoms with Crippen molar-refractivity contribution < 1.29 is 17.2 Å². The summed E-state index contributed by atoms with van der Waals surface area (Å²) in [4.78, 5) is -0.717. The van der Waals surface area contributed by atoms with E-state index in [1.807, 2.05) is 19.9 Å². The fourth-order valence-electron chi connectivity index (χ4n) is 2.26. The summed E-state index contributed by atoms with van der Waals surface area (Å²) in [5.74, 6) is -1.82. The molecule has 23 heavy (non-hydrogen) atoms. The molecule has 0 fully saturated rings. The summed E-state index contributed by atoms with van der Waals surface area (Å²) in [6.07, 6.45) is 4.28. The Kier molecular flexibility index (Phi) is 5.15. The molecule has 122 valence electrons. The highest BCUT2D eigenvalue weighted by atomic mass is 32.2. The molecule has 0 aromatic heterocycles. The van der Waals surface area contributed by atoms with E-state index in [4.69, 9.17) is 0 Å². The van der Waals surface area contributed by atoms with E-state index in [1.165, 1.54) is 0 Å². The van der Waals surface area contributed by atoms with Crippen molar-refractivity contribution in [2.24, 2.45) is 0 Å². The number of benzene rings is 2. The van der Waals surface area contributed by atoms with E-state index in [0.717, 1.165) is 17.7 Å². The van der Waals surface area contributed by atoms with Gasteiger partial charge in [0.15, 0.2) is 0 Å². The van der Waals surface area contributed by atoms with Crippen molar-refractivity contribution in [3.05, 3.63) is 65.2 Å². The lowest BCUT2D eigenvalue weighted by molar-refractivity contribution is 0.555. The second kappa shape index (κ2) is 6.91. The van der Waals surface area contributed by atoms with Gasteiger partial charge in [0, 0.05) is 5.56 Å². The number of sulfonamides is 1. The highest BCUT2D eigenvalue weighted by molar-refractivity contribution is 7.92. The quantitative estimate of drug-likeness (QED) is 0.881. The normalized spacial score (nSPS) is 11.8. The third-order valence-corrected chi connectivity index (χ3v) is 4.72. The summed E-state index contributed by atoms with van der Waals surface area (Å²) in [6, 6.07) is 7.51. The molecular weight excluding hydrogens is 320 g/mol. The number of aryl methyl sites for hydroxylation is 1. The van der Waals surface area contributed by atoms with Crippen molar-refractivity contribution in [3.63, 3.8) is 0 Å². The van der Waals surface area contributed by atoms with E-state index in [1.54, 1.807) is 24.3 Å². The highest BCUT2D eigenvalue weighted by Gasteiger charge is 2.21. The molecule has 0 radical (unpaired) electrons. The van der Waals surface area contributed by atoms with Gasteiger partial charge in [-0.05, 0) is 43.2 Å². The van der Waals surface area contributed by atoms with Crippen LogP contribution in [0.3, 0.4) is 0 Å². The molecule has 0 unspecified atom stereocenters. The molecule has 0 aliphatic heterocycles. The summed E-state index contributed by atoms with van der Waals surface area (Å²) in [6.45, 7) is 3.77. The van der Waals surface area contributed by atoms with Crippen LogP contribution in [0.15, 0.2) is 47.4 Å². The smallest absolute Gasteiger partial charge is 0.264 e. The molecule has 0 bridgehead atoms. The molecule has 0 aliphatic carbocycles. The first kappa shape index (κ1) is 17.1. The number of allylic oxidation sites excluding steroid dienone is 1. The molecule has 3 nitrogen and oxygen atoms in total. The first-order valence-electron chi connectivity index (χ1n) is 7.11. The molecular formula is C17H17F2NO2S. The maximum atomic E-state index is 13.8. The maximum Gasteiger partial charge on any atom is 0.264 e. The lowest BCUT2D eigenvalue weighted by Crippen LogP contribution is -2.16. The van der Waals surface area contributed by atoms with Gasteiger partial charge in [-0.3, -0.25) is 4.72 Å². The average Bonchev–Trinajstić information content (AvgIpc) is 2.51. The van der Waals surface area contributed by atoms with Gasteiger partial charge in [-0.1, -0.05) is 31.2 Å². The number of hydrogen-bond acceptors (Lipinski definition) is 2. The van der Waals surface area contributed by atoms with Gasteiger partial charge in [0.05, 0.1) is 5.69 Å². The van der Waals surface area contributed by atoms with Crippen molar-refractivity contribution in [3.8, 4) is 0 Å². The molecule has 0 saturated carbocycles. The van der Waals surface area contributed by atoms with Gasteiger partial charge in [-0.2, -0.15) is 0 Å². The number of rotatable bonds is 5. The monoisotopic (exact) mass is 337 g/mol. The summed E-state index contributed by atoms with van der Waals surface area (Å²) in [5, 5.41) is 0. The summed E-state index contributed by atoms with van der Waals surface area (Å²) in [5.41, 5.74) is 1.98. The molecule has 0 atom stereocenters. The SMILES string of the molecule is C/C=C\c1c(CC)cccc1NS(=O)(=O)c1cc(F)ccc1F. The third kappa shape index (κ3) is 3.76. The van der Waals surface area contributed by atoms with E-state index in [2.05, 4.69) is 4.72 Å². The van der Waals surface area contributed by atoms with Crippen molar-refractivity contribution in [1.82, 2.24) is 0 Å². The molecule has 0 aliphatic rings. The first-order valence-corrected chi connectivity index (χ1v) is 8.59. The van der Waals surface area contributed by atoms with E-state index >= 15 is 0 Å². The Labute approximate surface area is 134 Å². The van der Waals surface area contributed by atoms with Gasteiger partial charge < -0.3 is 0 Å². The lowest BCUT2D eigenvalue weighted by Gasteiger charge is -2.14. The van der Waals surface area contributed by atoms with Crippen LogP contribution in [0.1, 0.15) is 25.0 Å². The number of nitrogens with one attached hydrogen (secondary N) is 1. The van der Waals surface area contributed by atoms with E-state index < -0.39 is 26.6 Å². The zero-order chi connectivity index (χ0) is 17.0. The Morgan fingerprint density at radius 2 is 1.91 bits per heavy atom. The van der Waals surface area contributed by atoms with Crippen LogP contribution in [0.25, 0.3) is 6.08 Å². The molecule has 0 spiro atoms. The van der Waals surface area contributed by atoms with Crippen LogP contribution in [0.4, 0.5) is 14.5 Å².